The van der Waals surface area contributed by atoms with Gasteiger partial charge in [0, 0.05) is 26.1 Å². The SMILES string of the molecule is CN(C[C@H]1COc2ccccc2O1)C(=O)C1CCN(c2ccc(-c3cccs3)nn2)CC1. The highest BCUT2D eigenvalue weighted by atomic mass is 32.1. The number of piperidine rings is 1. The molecule has 1 amide bonds. The molecule has 0 unspecified atom stereocenters. The predicted molar refractivity (Wildman–Crippen MR) is 124 cm³/mol. The number of rotatable bonds is 5. The largest absolute Gasteiger partial charge is 0.486 e. The second-order valence-electron chi connectivity index (χ2n) is 8.23. The zero-order valence-electron chi connectivity index (χ0n) is 18.0. The molecule has 32 heavy (non-hydrogen) atoms. The number of amides is 1. The van der Waals surface area contributed by atoms with Crippen molar-refractivity contribution in [2.45, 2.75) is 18.9 Å². The Morgan fingerprint density at radius 3 is 2.62 bits per heavy atom. The number of carbonyl (C=O) groups excluding carboxylic acids is 1. The topological polar surface area (TPSA) is 67.8 Å². The Hall–Kier alpha value is -3.13. The summed E-state index contributed by atoms with van der Waals surface area (Å²) in [5.74, 6) is 2.56. The lowest BCUT2D eigenvalue weighted by Gasteiger charge is -2.35. The number of aromatic nitrogens is 2. The summed E-state index contributed by atoms with van der Waals surface area (Å²) in [6.07, 6.45) is 1.46. The minimum Gasteiger partial charge on any atom is -0.486 e. The van der Waals surface area contributed by atoms with Gasteiger partial charge in [-0.25, -0.2) is 0 Å². The summed E-state index contributed by atoms with van der Waals surface area (Å²) in [4.78, 5) is 18.1. The minimum absolute atomic E-state index is 0.0198. The van der Waals surface area contributed by atoms with Crippen LogP contribution in [0.15, 0.2) is 53.9 Å². The Labute approximate surface area is 191 Å². The van der Waals surface area contributed by atoms with Crippen LogP contribution in [0, 0.1) is 5.92 Å². The first-order valence-corrected chi connectivity index (χ1v) is 11.8. The lowest BCUT2D eigenvalue weighted by atomic mass is 9.95. The van der Waals surface area contributed by atoms with Gasteiger partial charge >= 0.3 is 0 Å². The number of para-hydroxylation sites is 2. The molecule has 0 N–H and O–H groups in total. The van der Waals surface area contributed by atoms with Gasteiger partial charge in [0.05, 0.1) is 11.4 Å². The summed E-state index contributed by atoms with van der Waals surface area (Å²) in [5.41, 5.74) is 0.895. The van der Waals surface area contributed by atoms with Crippen LogP contribution >= 0.6 is 11.3 Å². The van der Waals surface area contributed by atoms with Gasteiger partial charge in [0.2, 0.25) is 5.91 Å². The highest BCUT2D eigenvalue weighted by molar-refractivity contribution is 7.13. The van der Waals surface area contributed by atoms with Gasteiger partial charge < -0.3 is 19.3 Å². The zero-order valence-corrected chi connectivity index (χ0v) is 18.8. The second-order valence-corrected chi connectivity index (χ2v) is 9.18. The van der Waals surface area contributed by atoms with E-state index in [1.807, 2.05) is 61.0 Å². The molecule has 3 aromatic rings. The van der Waals surface area contributed by atoms with Crippen LogP contribution in [-0.4, -0.2) is 60.4 Å². The van der Waals surface area contributed by atoms with E-state index in [0.29, 0.717) is 13.2 Å². The number of thiophene rings is 1. The smallest absolute Gasteiger partial charge is 0.225 e. The fourth-order valence-electron chi connectivity index (χ4n) is 4.27. The molecule has 2 aliphatic heterocycles. The molecule has 5 rings (SSSR count). The van der Waals surface area contributed by atoms with Gasteiger partial charge in [0.15, 0.2) is 23.4 Å². The van der Waals surface area contributed by atoms with Crippen LogP contribution in [0.3, 0.4) is 0 Å². The van der Waals surface area contributed by atoms with E-state index in [4.69, 9.17) is 9.47 Å². The number of hydrogen-bond acceptors (Lipinski definition) is 7. The lowest BCUT2D eigenvalue weighted by molar-refractivity contribution is -0.136. The summed E-state index contributed by atoms with van der Waals surface area (Å²) in [6.45, 7) is 2.57. The van der Waals surface area contributed by atoms with Gasteiger partial charge in [0.25, 0.3) is 0 Å². The first-order chi connectivity index (χ1) is 15.7. The molecule has 0 aliphatic carbocycles. The average Bonchev–Trinajstić information content (AvgIpc) is 3.39. The van der Waals surface area contributed by atoms with E-state index in [-0.39, 0.29) is 17.9 Å². The molecule has 8 heteroatoms. The van der Waals surface area contributed by atoms with Crippen molar-refractivity contribution >= 4 is 23.1 Å². The third kappa shape index (κ3) is 4.41. The molecule has 1 aromatic carbocycles. The number of likely N-dealkylation sites (N-methyl/N-ethyl adjacent to an activating group) is 1. The van der Waals surface area contributed by atoms with Gasteiger partial charge in [0.1, 0.15) is 12.3 Å². The average molecular weight is 451 g/mol. The number of anilines is 1. The molecular formula is C24H26N4O3S. The third-order valence-corrected chi connectivity index (χ3v) is 6.91. The normalized spacial score (nSPS) is 18.4. The standard InChI is InChI=1S/C24H26N4O3S/c1-27(15-18-16-30-20-5-2-3-6-21(20)31-18)24(29)17-10-12-28(13-11-17)23-9-8-19(25-26-23)22-7-4-14-32-22/h2-9,14,17-18H,10-13,15-16H2,1H3/t18-/m0/s1. The number of hydrogen-bond donors (Lipinski definition) is 0. The number of ether oxygens (including phenoxy) is 2. The van der Waals surface area contributed by atoms with Gasteiger partial charge in [-0.15, -0.1) is 21.5 Å². The summed E-state index contributed by atoms with van der Waals surface area (Å²) in [6, 6.07) is 15.7. The Balaban J connectivity index is 1.13. The lowest BCUT2D eigenvalue weighted by Crippen LogP contribution is -2.46. The van der Waals surface area contributed by atoms with Gasteiger partial charge in [-0.3, -0.25) is 4.79 Å². The van der Waals surface area contributed by atoms with Crippen LogP contribution < -0.4 is 14.4 Å². The molecule has 1 fully saturated rings. The fraction of sp³-hybridized carbons (Fsp3) is 0.375. The molecule has 1 saturated heterocycles. The summed E-state index contributed by atoms with van der Waals surface area (Å²) < 4.78 is 11.8. The highest BCUT2D eigenvalue weighted by Crippen LogP contribution is 2.31. The van der Waals surface area contributed by atoms with Crippen molar-refractivity contribution in [2.75, 3.05) is 38.2 Å². The van der Waals surface area contributed by atoms with E-state index in [1.165, 1.54) is 0 Å². The Bertz CT molecular complexity index is 1050. The molecule has 2 aromatic heterocycles. The van der Waals surface area contributed by atoms with Crippen LogP contribution in [0.5, 0.6) is 11.5 Å². The van der Waals surface area contributed by atoms with E-state index in [9.17, 15) is 4.79 Å². The first kappa shape index (κ1) is 20.8. The molecule has 166 valence electrons. The van der Waals surface area contributed by atoms with E-state index in [1.54, 1.807) is 16.2 Å². The predicted octanol–water partition coefficient (Wildman–Crippen LogP) is 3.72. The van der Waals surface area contributed by atoms with Crippen molar-refractivity contribution < 1.29 is 14.3 Å². The number of carbonyl (C=O) groups is 1. The Morgan fingerprint density at radius 1 is 1.09 bits per heavy atom. The molecule has 0 radical (unpaired) electrons. The molecular weight excluding hydrogens is 424 g/mol. The molecule has 0 spiro atoms. The number of benzene rings is 1. The van der Waals surface area contributed by atoms with Gasteiger partial charge in [-0.1, -0.05) is 18.2 Å². The second kappa shape index (κ2) is 9.16. The quantitative estimate of drug-likeness (QED) is 0.590. The number of nitrogens with zero attached hydrogens (tertiary/aromatic N) is 4. The van der Waals surface area contributed by atoms with Crippen LogP contribution in [0.1, 0.15) is 12.8 Å². The molecule has 7 nitrogen and oxygen atoms in total. The highest BCUT2D eigenvalue weighted by Gasteiger charge is 2.30. The van der Waals surface area contributed by atoms with Crippen LogP contribution in [0.2, 0.25) is 0 Å². The third-order valence-electron chi connectivity index (χ3n) is 6.01. The van der Waals surface area contributed by atoms with E-state index in [2.05, 4.69) is 15.1 Å². The van der Waals surface area contributed by atoms with Gasteiger partial charge in [-0.2, -0.15) is 0 Å². The number of fused-ring (bicyclic) bond motifs is 1. The molecule has 0 bridgehead atoms. The molecule has 4 heterocycles. The fourth-order valence-corrected chi connectivity index (χ4v) is 4.96. The summed E-state index contributed by atoms with van der Waals surface area (Å²) in [5, 5.41) is 10.8. The zero-order chi connectivity index (χ0) is 21.9. The molecule has 1 atom stereocenters. The maximum Gasteiger partial charge on any atom is 0.225 e. The Kier molecular flexibility index (Phi) is 5.94. The van der Waals surface area contributed by atoms with Crippen molar-refractivity contribution in [3.05, 3.63) is 53.9 Å². The van der Waals surface area contributed by atoms with Crippen LogP contribution in [-0.2, 0) is 4.79 Å². The molecule has 2 aliphatic rings. The van der Waals surface area contributed by atoms with Crippen LogP contribution in [0.4, 0.5) is 5.82 Å². The van der Waals surface area contributed by atoms with Crippen molar-refractivity contribution in [3.8, 4) is 22.1 Å². The maximum absolute atomic E-state index is 13.0. The first-order valence-electron chi connectivity index (χ1n) is 10.9. The van der Waals surface area contributed by atoms with Crippen molar-refractivity contribution in [1.82, 2.24) is 15.1 Å². The summed E-state index contributed by atoms with van der Waals surface area (Å²) in [7, 11) is 1.85. The minimum atomic E-state index is -0.156. The van der Waals surface area contributed by atoms with Gasteiger partial charge in [-0.05, 0) is 48.6 Å². The molecule has 0 saturated carbocycles. The van der Waals surface area contributed by atoms with Crippen molar-refractivity contribution in [1.29, 1.82) is 0 Å². The van der Waals surface area contributed by atoms with Crippen molar-refractivity contribution in [2.24, 2.45) is 5.92 Å². The Morgan fingerprint density at radius 2 is 1.91 bits per heavy atom. The summed E-state index contributed by atoms with van der Waals surface area (Å²) >= 11 is 1.66. The van der Waals surface area contributed by atoms with E-state index in [0.717, 1.165) is 53.8 Å². The maximum atomic E-state index is 13.0. The van der Waals surface area contributed by atoms with E-state index >= 15 is 0 Å². The monoisotopic (exact) mass is 450 g/mol. The van der Waals surface area contributed by atoms with Crippen molar-refractivity contribution in [3.63, 3.8) is 0 Å². The van der Waals surface area contributed by atoms with E-state index < -0.39 is 0 Å². The van der Waals surface area contributed by atoms with Crippen LogP contribution in [0.25, 0.3) is 10.6 Å².